The largest absolute Gasteiger partial charge is 0.459 e. The van der Waals surface area contributed by atoms with Crippen molar-refractivity contribution in [2.75, 3.05) is 5.75 Å². The molecule has 3 rings (SSSR count). The molecule has 0 saturated carbocycles. The molecule has 0 fully saturated rings. The van der Waals surface area contributed by atoms with Gasteiger partial charge >= 0.3 is 0 Å². The van der Waals surface area contributed by atoms with E-state index in [0.717, 1.165) is 4.88 Å². The highest BCUT2D eigenvalue weighted by atomic mass is 32.2. The lowest BCUT2D eigenvalue weighted by Crippen LogP contribution is -2.27. The van der Waals surface area contributed by atoms with Crippen LogP contribution in [0.1, 0.15) is 17.8 Å². The van der Waals surface area contributed by atoms with E-state index in [0.29, 0.717) is 16.9 Å². The van der Waals surface area contributed by atoms with Gasteiger partial charge in [-0.15, -0.1) is 21.5 Å². The fourth-order valence-corrected chi connectivity index (χ4v) is 3.10. The Morgan fingerprint density at radius 1 is 1.41 bits per heavy atom. The second-order valence-corrected chi connectivity index (χ2v) is 6.35. The molecule has 114 valence electrons. The number of carbonyl (C=O) groups excluding carboxylic acids is 1. The zero-order valence-corrected chi connectivity index (χ0v) is 13.3. The van der Waals surface area contributed by atoms with Crippen molar-refractivity contribution >= 4 is 29.0 Å². The first-order valence-corrected chi connectivity index (χ1v) is 8.42. The molecule has 0 aromatic carbocycles. The SMILES string of the molecule is C[C@@H](NC(=O)CSc1nnc(-c2ccco2)o1)c1cccs1. The van der Waals surface area contributed by atoms with E-state index in [-0.39, 0.29) is 17.7 Å². The number of amides is 1. The third-order valence-corrected chi connectivity index (χ3v) is 4.69. The van der Waals surface area contributed by atoms with Gasteiger partial charge in [0.05, 0.1) is 18.1 Å². The summed E-state index contributed by atoms with van der Waals surface area (Å²) in [6.07, 6.45) is 1.53. The predicted molar refractivity (Wildman–Crippen MR) is 83.6 cm³/mol. The molecule has 0 unspecified atom stereocenters. The van der Waals surface area contributed by atoms with Crippen LogP contribution in [0.15, 0.2) is 50.0 Å². The van der Waals surface area contributed by atoms with Gasteiger partial charge in [0, 0.05) is 4.88 Å². The Bertz CT molecular complexity index is 722. The van der Waals surface area contributed by atoms with Crippen LogP contribution < -0.4 is 5.32 Å². The summed E-state index contributed by atoms with van der Waals surface area (Å²) in [6.45, 7) is 1.95. The summed E-state index contributed by atoms with van der Waals surface area (Å²) in [7, 11) is 0. The summed E-state index contributed by atoms with van der Waals surface area (Å²) in [4.78, 5) is 13.0. The average Bonchev–Trinajstić information content (AvgIpc) is 3.25. The first-order chi connectivity index (χ1) is 10.7. The molecule has 1 N–H and O–H groups in total. The molecule has 1 amide bonds. The number of nitrogens with one attached hydrogen (secondary N) is 1. The minimum Gasteiger partial charge on any atom is -0.459 e. The molecule has 3 aromatic heterocycles. The fourth-order valence-electron chi connectivity index (χ4n) is 1.79. The van der Waals surface area contributed by atoms with E-state index in [1.54, 1.807) is 23.5 Å². The van der Waals surface area contributed by atoms with E-state index in [2.05, 4.69) is 15.5 Å². The molecule has 8 heteroatoms. The van der Waals surface area contributed by atoms with Crippen molar-refractivity contribution in [2.45, 2.75) is 18.2 Å². The highest BCUT2D eigenvalue weighted by Crippen LogP contribution is 2.23. The third-order valence-electron chi connectivity index (χ3n) is 2.81. The Labute approximate surface area is 134 Å². The predicted octanol–water partition coefficient (Wildman–Crippen LogP) is 3.36. The summed E-state index contributed by atoms with van der Waals surface area (Å²) in [6, 6.07) is 7.43. The van der Waals surface area contributed by atoms with E-state index in [1.807, 2.05) is 24.4 Å². The molecule has 0 aliphatic heterocycles. The summed E-state index contributed by atoms with van der Waals surface area (Å²) >= 11 is 2.81. The maximum atomic E-state index is 11.9. The summed E-state index contributed by atoms with van der Waals surface area (Å²) in [5.41, 5.74) is 0. The van der Waals surface area contributed by atoms with Crippen molar-refractivity contribution in [3.63, 3.8) is 0 Å². The molecular weight excluding hydrogens is 322 g/mol. The number of thiophene rings is 1. The molecule has 0 bridgehead atoms. The number of rotatable bonds is 6. The molecule has 1 atom stereocenters. The molecule has 6 nitrogen and oxygen atoms in total. The van der Waals surface area contributed by atoms with Gasteiger partial charge in [-0.25, -0.2) is 0 Å². The molecule has 0 radical (unpaired) electrons. The van der Waals surface area contributed by atoms with Gasteiger partial charge in [0.15, 0.2) is 5.76 Å². The van der Waals surface area contributed by atoms with Crippen LogP contribution in [0.3, 0.4) is 0 Å². The Kier molecular flexibility index (Phi) is 4.59. The van der Waals surface area contributed by atoms with Gasteiger partial charge in [-0.2, -0.15) is 0 Å². The monoisotopic (exact) mass is 335 g/mol. The topological polar surface area (TPSA) is 81.2 Å². The first-order valence-electron chi connectivity index (χ1n) is 6.55. The van der Waals surface area contributed by atoms with Gasteiger partial charge in [-0.05, 0) is 30.5 Å². The van der Waals surface area contributed by atoms with Gasteiger partial charge in [0.2, 0.25) is 5.91 Å². The van der Waals surface area contributed by atoms with Crippen LogP contribution >= 0.6 is 23.1 Å². The molecule has 22 heavy (non-hydrogen) atoms. The van der Waals surface area contributed by atoms with Crippen molar-refractivity contribution in [1.82, 2.24) is 15.5 Å². The number of nitrogens with zero attached hydrogens (tertiary/aromatic N) is 2. The van der Waals surface area contributed by atoms with Gasteiger partial charge in [-0.3, -0.25) is 4.79 Å². The van der Waals surface area contributed by atoms with Crippen molar-refractivity contribution in [3.05, 3.63) is 40.8 Å². The average molecular weight is 335 g/mol. The van der Waals surface area contributed by atoms with Gasteiger partial charge in [0.25, 0.3) is 11.1 Å². The zero-order valence-electron chi connectivity index (χ0n) is 11.7. The smallest absolute Gasteiger partial charge is 0.284 e. The van der Waals surface area contributed by atoms with Gasteiger partial charge in [0.1, 0.15) is 0 Å². The maximum absolute atomic E-state index is 11.9. The lowest BCUT2D eigenvalue weighted by Gasteiger charge is -2.11. The minimum absolute atomic E-state index is 0.00513. The van der Waals surface area contributed by atoms with Crippen LogP contribution in [0, 0.1) is 0 Å². The number of hydrogen-bond donors (Lipinski definition) is 1. The number of carbonyl (C=O) groups is 1. The Morgan fingerprint density at radius 2 is 2.32 bits per heavy atom. The van der Waals surface area contributed by atoms with Crippen LogP contribution in [-0.2, 0) is 4.79 Å². The number of furan rings is 1. The number of aromatic nitrogens is 2. The second-order valence-electron chi connectivity index (χ2n) is 4.44. The van der Waals surface area contributed by atoms with Crippen LogP contribution in [0.25, 0.3) is 11.7 Å². The number of thioether (sulfide) groups is 1. The lowest BCUT2D eigenvalue weighted by atomic mass is 10.3. The summed E-state index contributed by atoms with van der Waals surface area (Å²) in [5, 5.41) is 13.0. The van der Waals surface area contributed by atoms with Gasteiger partial charge < -0.3 is 14.2 Å². The molecule has 0 aliphatic carbocycles. The van der Waals surface area contributed by atoms with E-state index < -0.39 is 0 Å². The molecule has 0 saturated heterocycles. The molecule has 3 aromatic rings. The van der Waals surface area contributed by atoms with Crippen LogP contribution in [-0.4, -0.2) is 21.9 Å². The van der Waals surface area contributed by atoms with Crippen LogP contribution in [0.4, 0.5) is 0 Å². The minimum atomic E-state index is -0.0800. The first kappa shape index (κ1) is 14.9. The summed E-state index contributed by atoms with van der Waals surface area (Å²) in [5.74, 6) is 0.953. The van der Waals surface area contributed by atoms with E-state index in [9.17, 15) is 4.79 Å². The molecule has 0 aliphatic rings. The quantitative estimate of drug-likeness (QED) is 0.696. The Balaban J connectivity index is 1.51. The van der Waals surface area contributed by atoms with Crippen molar-refractivity contribution in [2.24, 2.45) is 0 Å². The van der Waals surface area contributed by atoms with Crippen molar-refractivity contribution in [1.29, 1.82) is 0 Å². The van der Waals surface area contributed by atoms with E-state index in [1.165, 1.54) is 18.0 Å². The maximum Gasteiger partial charge on any atom is 0.284 e. The van der Waals surface area contributed by atoms with Crippen LogP contribution in [0.2, 0.25) is 0 Å². The second kappa shape index (κ2) is 6.80. The van der Waals surface area contributed by atoms with E-state index >= 15 is 0 Å². The van der Waals surface area contributed by atoms with E-state index in [4.69, 9.17) is 8.83 Å². The normalized spacial score (nSPS) is 12.2. The molecule has 3 heterocycles. The number of hydrogen-bond acceptors (Lipinski definition) is 7. The lowest BCUT2D eigenvalue weighted by molar-refractivity contribution is -0.119. The standard InChI is InChI=1S/C14H13N3O3S2/c1-9(11-5-3-7-21-11)15-12(18)8-22-14-17-16-13(20-14)10-4-2-6-19-10/h2-7,9H,8H2,1H3,(H,15,18)/t9-/m1/s1. The molecule has 0 spiro atoms. The highest BCUT2D eigenvalue weighted by molar-refractivity contribution is 7.99. The summed E-state index contributed by atoms with van der Waals surface area (Å²) < 4.78 is 10.6. The third kappa shape index (κ3) is 3.58. The fraction of sp³-hybridized carbons (Fsp3) is 0.214. The molecular formula is C14H13N3O3S2. The zero-order chi connectivity index (χ0) is 15.4. The highest BCUT2D eigenvalue weighted by Gasteiger charge is 2.14. The Morgan fingerprint density at radius 3 is 3.05 bits per heavy atom. The van der Waals surface area contributed by atoms with Crippen molar-refractivity contribution < 1.29 is 13.6 Å². The van der Waals surface area contributed by atoms with Crippen LogP contribution in [0.5, 0.6) is 0 Å². The Hall–Kier alpha value is -2.06. The van der Waals surface area contributed by atoms with Gasteiger partial charge in [-0.1, -0.05) is 17.8 Å². The van der Waals surface area contributed by atoms with Crippen molar-refractivity contribution in [3.8, 4) is 11.7 Å².